The standard InChI is InChI=1S/C27H25F2N3O4S2/c1-3-37-30-17-5-7-22(36-23-6-4-16(28)12-21(23)29)18(13-17)20-15-31(2)27(34)25-19(20)14-24(38-25)26(33)32-8-10-35-11-9-32/h4-7,12-15,30H,3,8-11H2,1-2H3. The number of nitrogens with zero attached hydrogens (tertiary/aromatic N) is 2. The molecule has 0 aliphatic carbocycles. The number of aromatic nitrogens is 1. The number of hydrogen-bond donors (Lipinski definition) is 1. The number of benzene rings is 2. The largest absolute Gasteiger partial charge is 0.454 e. The van der Waals surface area contributed by atoms with Crippen LogP contribution in [0.15, 0.2) is 53.5 Å². The van der Waals surface area contributed by atoms with E-state index in [0.29, 0.717) is 58.1 Å². The van der Waals surface area contributed by atoms with Gasteiger partial charge in [0.25, 0.3) is 11.5 Å². The Bertz CT molecular complexity index is 1560. The highest BCUT2D eigenvalue weighted by molar-refractivity contribution is 8.00. The SMILES string of the molecule is CCSNc1ccc(Oc2ccc(F)cc2F)c(-c2cn(C)c(=O)c3sc(C(=O)N4CCOCC4)cc23)c1. The lowest BCUT2D eigenvalue weighted by molar-refractivity contribution is 0.0306. The molecular weight excluding hydrogens is 532 g/mol. The number of aryl methyl sites for hydroxylation is 1. The number of amides is 1. The Kier molecular flexibility index (Phi) is 7.68. The highest BCUT2D eigenvalue weighted by Gasteiger charge is 2.24. The fourth-order valence-electron chi connectivity index (χ4n) is 4.20. The molecule has 2 aromatic carbocycles. The number of fused-ring (bicyclic) bond motifs is 1. The molecule has 0 bridgehead atoms. The molecule has 1 aliphatic heterocycles. The Balaban J connectivity index is 1.65. The molecule has 7 nitrogen and oxygen atoms in total. The van der Waals surface area contributed by atoms with E-state index < -0.39 is 11.6 Å². The minimum absolute atomic E-state index is 0.133. The van der Waals surface area contributed by atoms with Gasteiger partial charge in [-0.25, -0.2) is 8.78 Å². The maximum atomic E-state index is 14.5. The number of carbonyl (C=O) groups excluding carboxylic acids is 1. The van der Waals surface area contributed by atoms with E-state index >= 15 is 0 Å². The van der Waals surface area contributed by atoms with Crippen molar-refractivity contribution < 1.29 is 23.0 Å². The molecule has 5 rings (SSSR count). The molecule has 38 heavy (non-hydrogen) atoms. The lowest BCUT2D eigenvalue weighted by Gasteiger charge is -2.26. The smallest absolute Gasteiger partial charge is 0.268 e. The summed E-state index contributed by atoms with van der Waals surface area (Å²) in [5.41, 5.74) is 1.78. The van der Waals surface area contributed by atoms with Crippen LogP contribution in [0.3, 0.4) is 0 Å². The van der Waals surface area contributed by atoms with Crippen LogP contribution in [0.5, 0.6) is 11.5 Å². The number of hydrogen-bond acceptors (Lipinski definition) is 7. The zero-order valence-electron chi connectivity index (χ0n) is 20.8. The number of ether oxygens (including phenoxy) is 2. The summed E-state index contributed by atoms with van der Waals surface area (Å²) in [6.45, 7) is 3.94. The van der Waals surface area contributed by atoms with E-state index in [2.05, 4.69) is 4.72 Å². The highest BCUT2D eigenvalue weighted by Crippen LogP contribution is 2.41. The third-order valence-electron chi connectivity index (χ3n) is 6.09. The number of thiophene rings is 1. The first-order valence-corrected chi connectivity index (χ1v) is 13.8. The van der Waals surface area contributed by atoms with Crippen LogP contribution in [0.4, 0.5) is 14.5 Å². The molecule has 11 heteroatoms. The summed E-state index contributed by atoms with van der Waals surface area (Å²) in [6, 6.07) is 10.2. The number of halogens is 2. The Hall–Kier alpha value is -3.41. The number of morpholine rings is 1. The summed E-state index contributed by atoms with van der Waals surface area (Å²) >= 11 is 2.66. The van der Waals surface area contributed by atoms with Crippen LogP contribution in [0, 0.1) is 11.6 Å². The van der Waals surface area contributed by atoms with Crippen LogP contribution in [-0.4, -0.2) is 47.4 Å². The molecule has 1 aliphatic rings. The van der Waals surface area contributed by atoms with Crippen molar-refractivity contribution in [2.45, 2.75) is 6.92 Å². The molecule has 1 fully saturated rings. The van der Waals surface area contributed by atoms with Crippen LogP contribution < -0.4 is 15.0 Å². The molecule has 0 unspecified atom stereocenters. The maximum absolute atomic E-state index is 14.5. The molecule has 1 amide bonds. The molecule has 0 atom stereocenters. The first-order chi connectivity index (χ1) is 18.4. The van der Waals surface area contributed by atoms with Gasteiger partial charge in [0.1, 0.15) is 16.3 Å². The molecule has 2 aromatic heterocycles. The Morgan fingerprint density at radius 2 is 1.87 bits per heavy atom. The number of nitrogens with one attached hydrogen (secondary N) is 1. The molecule has 1 N–H and O–H groups in total. The third-order valence-corrected chi connectivity index (χ3v) is 7.87. The average molecular weight is 558 g/mol. The topological polar surface area (TPSA) is 72.8 Å². The molecule has 3 heterocycles. The van der Waals surface area contributed by atoms with Crippen molar-refractivity contribution in [2.24, 2.45) is 7.05 Å². The molecule has 0 saturated carbocycles. The number of rotatable bonds is 7. The van der Waals surface area contributed by atoms with Gasteiger partial charge in [0.15, 0.2) is 11.6 Å². The van der Waals surface area contributed by atoms with E-state index in [9.17, 15) is 18.4 Å². The fourth-order valence-corrected chi connectivity index (χ4v) is 5.76. The molecule has 4 aromatic rings. The molecule has 0 spiro atoms. The van der Waals surface area contributed by atoms with Crippen molar-refractivity contribution in [1.29, 1.82) is 0 Å². The van der Waals surface area contributed by atoms with Crippen LogP contribution in [0.1, 0.15) is 16.6 Å². The summed E-state index contributed by atoms with van der Waals surface area (Å²) in [6.07, 6.45) is 1.68. The molecular formula is C27H25F2N3O4S2. The summed E-state index contributed by atoms with van der Waals surface area (Å²) < 4.78 is 44.4. The fraction of sp³-hybridized carbons (Fsp3) is 0.259. The zero-order chi connectivity index (χ0) is 26.8. The summed E-state index contributed by atoms with van der Waals surface area (Å²) in [4.78, 5) is 28.5. The predicted octanol–water partition coefficient (Wildman–Crippen LogP) is 5.89. The second kappa shape index (κ2) is 11.1. The van der Waals surface area contributed by atoms with Gasteiger partial charge in [0.05, 0.1) is 18.1 Å². The molecule has 198 valence electrons. The van der Waals surface area contributed by atoms with E-state index in [-0.39, 0.29) is 17.2 Å². The van der Waals surface area contributed by atoms with Crippen molar-refractivity contribution >= 4 is 45.0 Å². The predicted molar refractivity (Wildman–Crippen MR) is 147 cm³/mol. The summed E-state index contributed by atoms with van der Waals surface area (Å²) in [7, 11) is 1.64. The average Bonchev–Trinajstić information content (AvgIpc) is 3.37. The van der Waals surface area contributed by atoms with Crippen molar-refractivity contribution in [3.05, 3.63) is 75.5 Å². The maximum Gasteiger partial charge on any atom is 0.268 e. The second-order valence-electron chi connectivity index (χ2n) is 8.64. The first kappa shape index (κ1) is 26.2. The van der Waals surface area contributed by atoms with Crippen molar-refractivity contribution in [2.75, 3.05) is 36.8 Å². The van der Waals surface area contributed by atoms with Gasteiger partial charge >= 0.3 is 0 Å². The van der Waals surface area contributed by atoms with E-state index in [1.807, 2.05) is 13.0 Å². The summed E-state index contributed by atoms with van der Waals surface area (Å²) in [5, 5.41) is 0.597. The minimum Gasteiger partial charge on any atom is -0.454 e. The monoisotopic (exact) mass is 557 g/mol. The van der Waals surface area contributed by atoms with Gasteiger partial charge in [-0.1, -0.05) is 18.9 Å². The normalized spacial score (nSPS) is 13.6. The van der Waals surface area contributed by atoms with Gasteiger partial charge in [0.2, 0.25) is 0 Å². The second-order valence-corrected chi connectivity index (χ2v) is 10.8. The molecule has 1 saturated heterocycles. The van der Waals surface area contributed by atoms with Gasteiger partial charge in [-0.2, -0.15) is 0 Å². The van der Waals surface area contributed by atoms with Crippen LogP contribution in [0.2, 0.25) is 0 Å². The van der Waals surface area contributed by atoms with Gasteiger partial charge in [-0.3, -0.25) is 9.59 Å². The Morgan fingerprint density at radius 3 is 2.61 bits per heavy atom. The van der Waals surface area contributed by atoms with E-state index in [4.69, 9.17) is 9.47 Å². The Morgan fingerprint density at radius 1 is 1.11 bits per heavy atom. The lowest BCUT2D eigenvalue weighted by Crippen LogP contribution is -2.40. The third kappa shape index (κ3) is 5.27. The highest BCUT2D eigenvalue weighted by atomic mass is 32.2. The quantitative estimate of drug-likeness (QED) is 0.286. The molecule has 0 radical (unpaired) electrons. The van der Waals surface area contributed by atoms with E-state index in [0.717, 1.165) is 34.9 Å². The van der Waals surface area contributed by atoms with Gasteiger partial charge in [-0.15, -0.1) is 11.3 Å². The first-order valence-electron chi connectivity index (χ1n) is 12.0. The Labute approximate surface area is 226 Å². The van der Waals surface area contributed by atoms with Crippen LogP contribution >= 0.6 is 23.3 Å². The number of anilines is 1. The number of pyridine rings is 1. The van der Waals surface area contributed by atoms with Crippen molar-refractivity contribution in [1.82, 2.24) is 9.47 Å². The van der Waals surface area contributed by atoms with Crippen LogP contribution in [0.25, 0.3) is 21.2 Å². The zero-order valence-corrected chi connectivity index (χ0v) is 22.4. The van der Waals surface area contributed by atoms with Gasteiger partial charge in [-0.05, 0) is 36.4 Å². The van der Waals surface area contributed by atoms with E-state index in [1.165, 1.54) is 22.6 Å². The van der Waals surface area contributed by atoms with E-state index in [1.54, 1.807) is 36.3 Å². The van der Waals surface area contributed by atoms with Crippen molar-refractivity contribution in [3.63, 3.8) is 0 Å². The lowest BCUT2D eigenvalue weighted by atomic mass is 10.0. The number of carbonyl (C=O) groups is 1. The van der Waals surface area contributed by atoms with Crippen LogP contribution in [-0.2, 0) is 11.8 Å². The van der Waals surface area contributed by atoms with Gasteiger partial charge in [0, 0.05) is 60.4 Å². The summed E-state index contributed by atoms with van der Waals surface area (Å²) in [5.74, 6) is -0.681. The van der Waals surface area contributed by atoms with Crippen molar-refractivity contribution in [3.8, 4) is 22.6 Å². The minimum atomic E-state index is -0.834. The van der Waals surface area contributed by atoms with Gasteiger partial charge < -0.3 is 23.7 Å².